The molecule has 0 saturated carbocycles. The fraction of sp³-hybridized carbons (Fsp3) is 0.438. The predicted octanol–water partition coefficient (Wildman–Crippen LogP) is 3.19. The summed E-state index contributed by atoms with van der Waals surface area (Å²) in [6, 6.07) is 3.62. The molecule has 0 aliphatic heterocycles. The Balaban J connectivity index is 2.05. The van der Waals surface area contributed by atoms with Gasteiger partial charge in [-0.25, -0.2) is 4.98 Å². The van der Waals surface area contributed by atoms with E-state index in [-0.39, 0.29) is 5.91 Å². The molecular formula is C16H21N3OS. The minimum absolute atomic E-state index is 0.0537. The van der Waals surface area contributed by atoms with Crippen LogP contribution in [0, 0.1) is 12.8 Å². The van der Waals surface area contributed by atoms with E-state index in [4.69, 9.17) is 0 Å². The Morgan fingerprint density at radius 2 is 2.19 bits per heavy atom. The lowest BCUT2D eigenvalue weighted by Crippen LogP contribution is -2.35. The molecule has 2 aromatic rings. The molecule has 0 bridgehead atoms. The summed E-state index contributed by atoms with van der Waals surface area (Å²) < 4.78 is 0. The van der Waals surface area contributed by atoms with Gasteiger partial charge in [0.05, 0.1) is 10.6 Å². The first-order valence-electron chi connectivity index (χ1n) is 7.17. The number of hydrogen-bond acceptors (Lipinski definition) is 4. The number of nitrogens with zero attached hydrogens (tertiary/aromatic N) is 3. The topological polar surface area (TPSA) is 46.1 Å². The van der Waals surface area contributed by atoms with Crippen LogP contribution in [0.15, 0.2) is 30.7 Å². The summed E-state index contributed by atoms with van der Waals surface area (Å²) in [5.74, 6) is 0.492. The Labute approximate surface area is 129 Å². The van der Waals surface area contributed by atoms with Crippen LogP contribution < -0.4 is 0 Å². The van der Waals surface area contributed by atoms with Crippen LogP contribution in [0.25, 0.3) is 0 Å². The van der Waals surface area contributed by atoms with Crippen molar-refractivity contribution in [3.8, 4) is 0 Å². The molecule has 5 heteroatoms. The van der Waals surface area contributed by atoms with E-state index in [0.29, 0.717) is 18.0 Å². The van der Waals surface area contributed by atoms with Gasteiger partial charge >= 0.3 is 0 Å². The highest BCUT2D eigenvalue weighted by Gasteiger charge is 2.17. The molecule has 0 radical (unpaired) electrons. The second kappa shape index (κ2) is 7.31. The standard InChI is InChI=1S/C16H21N3OS/c1-12(2)11-19(8-6-15-10-18-13(3)21-15)16(20)14-5-4-7-17-9-14/h4-5,7,9-10,12H,6,8,11H2,1-3H3. The smallest absolute Gasteiger partial charge is 0.255 e. The summed E-state index contributed by atoms with van der Waals surface area (Å²) >= 11 is 1.69. The molecule has 0 spiro atoms. The number of carbonyl (C=O) groups excluding carboxylic acids is 1. The Hall–Kier alpha value is -1.75. The van der Waals surface area contributed by atoms with E-state index in [1.807, 2.05) is 24.1 Å². The zero-order valence-electron chi connectivity index (χ0n) is 12.7. The number of aryl methyl sites for hydroxylation is 1. The Morgan fingerprint density at radius 3 is 2.76 bits per heavy atom. The van der Waals surface area contributed by atoms with Crippen LogP contribution in [0.3, 0.4) is 0 Å². The Kier molecular flexibility index (Phi) is 5.44. The first-order valence-corrected chi connectivity index (χ1v) is 7.98. The summed E-state index contributed by atoms with van der Waals surface area (Å²) in [6.07, 6.45) is 6.07. The van der Waals surface area contributed by atoms with E-state index in [1.54, 1.807) is 29.8 Å². The van der Waals surface area contributed by atoms with Gasteiger partial charge in [-0.15, -0.1) is 11.3 Å². The number of thiazole rings is 1. The van der Waals surface area contributed by atoms with Crippen LogP contribution in [-0.4, -0.2) is 33.9 Å². The minimum Gasteiger partial charge on any atom is -0.338 e. The lowest BCUT2D eigenvalue weighted by molar-refractivity contribution is 0.0738. The number of pyridine rings is 1. The van der Waals surface area contributed by atoms with Crippen molar-refractivity contribution in [1.29, 1.82) is 0 Å². The van der Waals surface area contributed by atoms with Crippen molar-refractivity contribution >= 4 is 17.2 Å². The van der Waals surface area contributed by atoms with Crippen molar-refractivity contribution in [2.45, 2.75) is 27.2 Å². The van der Waals surface area contributed by atoms with Gasteiger partial charge in [0.1, 0.15) is 0 Å². The van der Waals surface area contributed by atoms with Crippen molar-refractivity contribution < 1.29 is 4.79 Å². The maximum Gasteiger partial charge on any atom is 0.255 e. The Bertz CT molecular complexity index is 580. The second-order valence-electron chi connectivity index (χ2n) is 5.48. The fourth-order valence-corrected chi connectivity index (χ4v) is 2.94. The van der Waals surface area contributed by atoms with E-state index in [1.165, 1.54) is 4.88 Å². The second-order valence-corrected chi connectivity index (χ2v) is 6.80. The van der Waals surface area contributed by atoms with Gasteiger partial charge in [0, 0.05) is 43.0 Å². The molecule has 2 rings (SSSR count). The van der Waals surface area contributed by atoms with Gasteiger partial charge in [0.2, 0.25) is 0 Å². The summed E-state index contributed by atoms with van der Waals surface area (Å²) in [7, 11) is 0. The highest BCUT2D eigenvalue weighted by molar-refractivity contribution is 7.11. The van der Waals surface area contributed by atoms with E-state index in [9.17, 15) is 4.79 Å². The van der Waals surface area contributed by atoms with Gasteiger partial charge in [-0.1, -0.05) is 13.8 Å². The number of amides is 1. The maximum absolute atomic E-state index is 12.6. The first kappa shape index (κ1) is 15.6. The predicted molar refractivity (Wildman–Crippen MR) is 85.5 cm³/mol. The molecule has 4 nitrogen and oxygen atoms in total. The van der Waals surface area contributed by atoms with E-state index in [2.05, 4.69) is 23.8 Å². The van der Waals surface area contributed by atoms with Crippen molar-refractivity contribution in [3.63, 3.8) is 0 Å². The van der Waals surface area contributed by atoms with Gasteiger partial charge in [0.15, 0.2) is 0 Å². The molecule has 0 N–H and O–H groups in total. The van der Waals surface area contributed by atoms with Crippen LogP contribution in [0.4, 0.5) is 0 Å². The van der Waals surface area contributed by atoms with Crippen LogP contribution >= 0.6 is 11.3 Å². The molecule has 0 aromatic carbocycles. The third-order valence-electron chi connectivity index (χ3n) is 3.08. The molecule has 0 fully saturated rings. The maximum atomic E-state index is 12.6. The number of carbonyl (C=O) groups is 1. The van der Waals surface area contributed by atoms with Gasteiger partial charge in [-0.2, -0.15) is 0 Å². The first-order chi connectivity index (χ1) is 10.1. The summed E-state index contributed by atoms with van der Waals surface area (Å²) in [6.45, 7) is 7.72. The van der Waals surface area contributed by atoms with Crippen LogP contribution in [-0.2, 0) is 6.42 Å². The molecule has 112 valence electrons. The normalized spacial score (nSPS) is 10.9. The largest absolute Gasteiger partial charge is 0.338 e. The van der Waals surface area contributed by atoms with Crippen molar-refractivity contribution in [3.05, 3.63) is 46.2 Å². The molecule has 0 unspecified atom stereocenters. The lowest BCUT2D eigenvalue weighted by atomic mass is 10.1. The van der Waals surface area contributed by atoms with Crippen LogP contribution in [0.5, 0.6) is 0 Å². The highest BCUT2D eigenvalue weighted by Crippen LogP contribution is 2.14. The monoisotopic (exact) mass is 303 g/mol. The number of hydrogen-bond donors (Lipinski definition) is 0. The molecule has 2 aromatic heterocycles. The van der Waals surface area contributed by atoms with Gasteiger partial charge in [0.25, 0.3) is 5.91 Å². The average molecular weight is 303 g/mol. The third kappa shape index (κ3) is 4.63. The van der Waals surface area contributed by atoms with Crippen molar-refractivity contribution in [2.24, 2.45) is 5.92 Å². The molecule has 0 atom stereocenters. The molecule has 21 heavy (non-hydrogen) atoms. The van der Waals surface area contributed by atoms with Crippen molar-refractivity contribution in [1.82, 2.24) is 14.9 Å². The number of aromatic nitrogens is 2. The van der Waals surface area contributed by atoms with E-state index in [0.717, 1.165) is 18.0 Å². The number of rotatable bonds is 6. The summed E-state index contributed by atoms with van der Waals surface area (Å²) in [4.78, 5) is 24.0. The summed E-state index contributed by atoms with van der Waals surface area (Å²) in [5.41, 5.74) is 0.652. The van der Waals surface area contributed by atoms with Gasteiger partial charge < -0.3 is 4.90 Å². The van der Waals surface area contributed by atoms with E-state index < -0.39 is 0 Å². The SMILES string of the molecule is Cc1ncc(CCN(CC(C)C)C(=O)c2cccnc2)s1. The summed E-state index contributed by atoms with van der Waals surface area (Å²) in [5, 5.41) is 1.07. The van der Waals surface area contributed by atoms with Crippen LogP contribution in [0.1, 0.15) is 34.1 Å². The van der Waals surface area contributed by atoms with Gasteiger partial charge in [-0.05, 0) is 25.0 Å². The minimum atomic E-state index is 0.0537. The average Bonchev–Trinajstić information content (AvgIpc) is 2.89. The highest BCUT2D eigenvalue weighted by atomic mass is 32.1. The lowest BCUT2D eigenvalue weighted by Gasteiger charge is -2.24. The molecule has 1 amide bonds. The fourth-order valence-electron chi connectivity index (χ4n) is 2.15. The molecule has 0 aliphatic carbocycles. The molecule has 0 saturated heterocycles. The zero-order valence-corrected chi connectivity index (χ0v) is 13.6. The zero-order chi connectivity index (χ0) is 15.2. The van der Waals surface area contributed by atoms with E-state index >= 15 is 0 Å². The van der Waals surface area contributed by atoms with Crippen LogP contribution in [0.2, 0.25) is 0 Å². The molecule has 2 heterocycles. The Morgan fingerprint density at radius 1 is 1.38 bits per heavy atom. The quantitative estimate of drug-likeness (QED) is 0.823. The van der Waals surface area contributed by atoms with Crippen molar-refractivity contribution in [2.75, 3.05) is 13.1 Å². The third-order valence-corrected chi connectivity index (χ3v) is 4.05. The van der Waals surface area contributed by atoms with Gasteiger partial charge in [-0.3, -0.25) is 9.78 Å². The molecule has 0 aliphatic rings. The molecular weight excluding hydrogens is 282 g/mol.